The standard InChI is InChI=1S/C16H15N3O/c1-11-7-9-13(10-8-11)19-16(20)14(17)15(18-19)12-5-3-2-4-6-12/h2-10,18H,17H2,1H3. The van der Waals surface area contributed by atoms with Crippen LogP contribution in [-0.4, -0.2) is 9.78 Å². The average Bonchev–Trinajstić information content (AvgIpc) is 2.77. The molecule has 4 nitrogen and oxygen atoms in total. The molecular formula is C16H15N3O. The maximum absolute atomic E-state index is 12.3. The lowest BCUT2D eigenvalue weighted by atomic mass is 10.1. The molecule has 2 aromatic carbocycles. The fraction of sp³-hybridized carbons (Fsp3) is 0.0625. The van der Waals surface area contributed by atoms with Gasteiger partial charge in [0.15, 0.2) is 0 Å². The first kappa shape index (κ1) is 12.3. The molecule has 0 saturated heterocycles. The molecule has 0 atom stereocenters. The highest BCUT2D eigenvalue weighted by molar-refractivity contribution is 5.72. The SMILES string of the molecule is Cc1ccc(-n2[nH]c(-c3ccccc3)c(N)c2=O)cc1. The Hall–Kier alpha value is -2.75. The normalized spacial score (nSPS) is 10.7. The predicted molar refractivity (Wildman–Crippen MR) is 81.0 cm³/mol. The van der Waals surface area contributed by atoms with Crippen molar-refractivity contribution in [2.45, 2.75) is 6.92 Å². The Morgan fingerprint density at radius 2 is 1.65 bits per heavy atom. The summed E-state index contributed by atoms with van der Waals surface area (Å²) in [5.74, 6) is 0. The van der Waals surface area contributed by atoms with E-state index in [0.717, 1.165) is 16.8 Å². The Morgan fingerprint density at radius 1 is 1.00 bits per heavy atom. The molecule has 3 rings (SSSR count). The monoisotopic (exact) mass is 265 g/mol. The third-order valence-electron chi connectivity index (χ3n) is 3.28. The third kappa shape index (κ3) is 2.01. The summed E-state index contributed by atoms with van der Waals surface area (Å²) in [6.07, 6.45) is 0. The molecule has 1 heterocycles. The number of nitrogens with two attached hydrogens (primary N) is 1. The fourth-order valence-electron chi connectivity index (χ4n) is 2.15. The van der Waals surface area contributed by atoms with Crippen LogP contribution in [0.15, 0.2) is 59.4 Å². The smallest absolute Gasteiger partial charge is 0.295 e. The predicted octanol–water partition coefficient (Wildman–Crippen LogP) is 2.72. The van der Waals surface area contributed by atoms with Gasteiger partial charge in [0.05, 0.1) is 11.4 Å². The van der Waals surface area contributed by atoms with Crippen LogP contribution in [0.3, 0.4) is 0 Å². The number of aromatic amines is 1. The molecule has 0 aliphatic rings. The Labute approximate surface area is 116 Å². The van der Waals surface area contributed by atoms with E-state index in [-0.39, 0.29) is 11.2 Å². The zero-order valence-electron chi connectivity index (χ0n) is 11.1. The summed E-state index contributed by atoms with van der Waals surface area (Å²) in [5.41, 5.74) is 9.40. The lowest BCUT2D eigenvalue weighted by Crippen LogP contribution is -2.16. The molecule has 3 aromatic rings. The Bertz CT molecular complexity index is 783. The van der Waals surface area contributed by atoms with E-state index in [1.165, 1.54) is 4.68 Å². The number of benzene rings is 2. The van der Waals surface area contributed by atoms with Gasteiger partial charge in [0.2, 0.25) is 0 Å². The topological polar surface area (TPSA) is 63.8 Å². The number of hydrogen-bond acceptors (Lipinski definition) is 2. The van der Waals surface area contributed by atoms with Crippen molar-refractivity contribution in [2.24, 2.45) is 0 Å². The van der Waals surface area contributed by atoms with E-state index in [4.69, 9.17) is 5.73 Å². The minimum Gasteiger partial charge on any atom is -0.392 e. The highest BCUT2D eigenvalue weighted by atomic mass is 16.1. The summed E-state index contributed by atoms with van der Waals surface area (Å²) >= 11 is 0. The number of nitrogens with one attached hydrogen (secondary N) is 1. The summed E-state index contributed by atoms with van der Waals surface area (Å²) in [6.45, 7) is 2.00. The van der Waals surface area contributed by atoms with Gasteiger partial charge >= 0.3 is 0 Å². The second-order valence-electron chi connectivity index (χ2n) is 4.74. The van der Waals surface area contributed by atoms with Crippen LogP contribution < -0.4 is 11.3 Å². The van der Waals surface area contributed by atoms with Gasteiger partial charge in [-0.1, -0.05) is 48.0 Å². The Balaban J connectivity index is 2.16. The number of anilines is 1. The summed E-state index contributed by atoms with van der Waals surface area (Å²) < 4.78 is 1.47. The van der Waals surface area contributed by atoms with Gasteiger partial charge in [-0.2, -0.15) is 0 Å². The molecule has 0 spiro atoms. The molecule has 20 heavy (non-hydrogen) atoms. The highest BCUT2D eigenvalue weighted by Gasteiger charge is 2.13. The van der Waals surface area contributed by atoms with Crippen LogP contribution in [0, 0.1) is 6.92 Å². The van der Waals surface area contributed by atoms with Crippen LogP contribution in [0.4, 0.5) is 5.69 Å². The summed E-state index contributed by atoms with van der Waals surface area (Å²) in [7, 11) is 0. The number of nitrogens with zero attached hydrogens (tertiary/aromatic N) is 1. The molecule has 0 radical (unpaired) electrons. The van der Waals surface area contributed by atoms with Gasteiger partial charge in [0, 0.05) is 5.56 Å². The molecule has 0 fully saturated rings. The molecule has 3 N–H and O–H groups in total. The van der Waals surface area contributed by atoms with Crippen LogP contribution in [0.25, 0.3) is 16.9 Å². The van der Waals surface area contributed by atoms with Gasteiger partial charge in [0.1, 0.15) is 5.69 Å². The van der Waals surface area contributed by atoms with E-state index in [1.807, 2.05) is 61.5 Å². The lowest BCUT2D eigenvalue weighted by molar-refractivity contribution is 0.852. The minimum atomic E-state index is -0.229. The third-order valence-corrected chi connectivity index (χ3v) is 3.28. The number of rotatable bonds is 2. The first-order valence-electron chi connectivity index (χ1n) is 6.40. The minimum absolute atomic E-state index is 0.229. The van der Waals surface area contributed by atoms with Crippen molar-refractivity contribution in [1.29, 1.82) is 0 Å². The van der Waals surface area contributed by atoms with Crippen molar-refractivity contribution in [2.75, 3.05) is 5.73 Å². The van der Waals surface area contributed by atoms with Gasteiger partial charge in [-0.25, -0.2) is 4.68 Å². The molecule has 4 heteroatoms. The lowest BCUT2D eigenvalue weighted by Gasteiger charge is -2.02. The van der Waals surface area contributed by atoms with Crippen molar-refractivity contribution < 1.29 is 0 Å². The second kappa shape index (κ2) is 4.74. The fourth-order valence-corrected chi connectivity index (χ4v) is 2.15. The molecule has 0 aliphatic heterocycles. The largest absolute Gasteiger partial charge is 0.392 e. The Kier molecular flexibility index (Phi) is 2.91. The quantitative estimate of drug-likeness (QED) is 0.748. The maximum atomic E-state index is 12.3. The van der Waals surface area contributed by atoms with Crippen molar-refractivity contribution in [3.63, 3.8) is 0 Å². The molecular weight excluding hydrogens is 250 g/mol. The molecule has 0 bridgehead atoms. The number of aryl methyl sites for hydroxylation is 1. The zero-order chi connectivity index (χ0) is 14.1. The summed E-state index contributed by atoms with van der Waals surface area (Å²) in [6, 6.07) is 17.3. The molecule has 1 aromatic heterocycles. The summed E-state index contributed by atoms with van der Waals surface area (Å²) in [5, 5.41) is 3.08. The van der Waals surface area contributed by atoms with Crippen LogP contribution in [0.2, 0.25) is 0 Å². The first-order chi connectivity index (χ1) is 9.66. The number of hydrogen-bond donors (Lipinski definition) is 2. The zero-order valence-corrected chi connectivity index (χ0v) is 11.1. The molecule has 0 saturated carbocycles. The van der Waals surface area contributed by atoms with E-state index in [0.29, 0.717) is 5.69 Å². The van der Waals surface area contributed by atoms with Gasteiger partial charge in [-0.15, -0.1) is 0 Å². The number of nitrogen functional groups attached to an aromatic ring is 1. The molecule has 100 valence electrons. The van der Waals surface area contributed by atoms with Gasteiger partial charge < -0.3 is 5.73 Å². The van der Waals surface area contributed by atoms with E-state index < -0.39 is 0 Å². The highest BCUT2D eigenvalue weighted by Crippen LogP contribution is 2.21. The van der Waals surface area contributed by atoms with E-state index in [2.05, 4.69) is 5.10 Å². The van der Waals surface area contributed by atoms with E-state index in [9.17, 15) is 4.79 Å². The molecule has 0 unspecified atom stereocenters. The van der Waals surface area contributed by atoms with Crippen LogP contribution in [-0.2, 0) is 0 Å². The maximum Gasteiger partial charge on any atom is 0.295 e. The molecule has 0 aliphatic carbocycles. The Morgan fingerprint density at radius 3 is 2.30 bits per heavy atom. The van der Waals surface area contributed by atoms with Crippen molar-refractivity contribution in [3.05, 3.63) is 70.5 Å². The second-order valence-corrected chi connectivity index (χ2v) is 4.74. The number of aromatic nitrogens is 2. The average molecular weight is 265 g/mol. The first-order valence-corrected chi connectivity index (χ1v) is 6.40. The van der Waals surface area contributed by atoms with E-state index in [1.54, 1.807) is 0 Å². The van der Waals surface area contributed by atoms with Crippen molar-refractivity contribution in [1.82, 2.24) is 9.78 Å². The van der Waals surface area contributed by atoms with Crippen LogP contribution in [0.5, 0.6) is 0 Å². The summed E-state index contributed by atoms with van der Waals surface area (Å²) in [4.78, 5) is 12.3. The van der Waals surface area contributed by atoms with Crippen LogP contribution in [0.1, 0.15) is 5.56 Å². The molecule has 0 amide bonds. The number of H-pyrrole nitrogens is 1. The van der Waals surface area contributed by atoms with Gasteiger partial charge in [-0.05, 0) is 19.1 Å². The van der Waals surface area contributed by atoms with Gasteiger partial charge in [0.25, 0.3) is 5.56 Å². The van der Waals surface area contributed by atoms with E-state index >= 15 is 0 Å². The van der Waals surface area contributed by atoms with Crippen molar-refractivity contribution in [3.8, 4) is 16.9 Å². The van der Waals surface area contributed by atoms with Crippen LogP contribution >= 0.6 is 0 Å². The van der Waals surface area contributed by atoms with Gasteiger partial charge in [-0.3, -0.25) is 9.89 Å². The van der Waals surface area contributed by atoms with Crippen molar-refractivity contribution >= 4 is 5.69 Å².